The molecule has 156 valence electrons. The van der Waals surface area contributed by atoms with E-state index in [9.17, 15) is 9.59 Å². The number of carbonyl (C=O) groups excluding carboxylic acids is 2. The van der Waals surface area contributed by atoms with Gasteiger partial charge in [-0.1, -0.05) is 48.5 Å². The summed E-state index contributed by atoms with van der Waals surface area (Å²) in [4.78, 5) is 24.7. The van der Waals surface area contributed by atoms with E-state index < -0.39 is 12.1 Å². The summed E-state index contributed by atoms with van der Waals surface area (Å²) in [5.41, 5.74) is 4.55. The summed E-state index contributed by atoms with van der Waals surface area (Å²) >= 11 is 0. The van der Waals surface area contributed by atoms with E-state index in [0.717, 1.165) is 34.6 Å². The van der Waals surface area contributed by atoms with E-state index in [2.05, 4.69) is 10.4 Å². The minimum Gasteiger partial charge on any atom is -0.452 e. The van der Waals surface area contributed by atoms with Crippen molar-refractivity contribution < 1.29 is 14.3 Å². The highest BCUT2D eigenvalue weighted by atomic mass is 16.5. The number of aromatic nitrogens is 2. The third-order valence-corrected chi connectivity index (χ3v) is 5.00. The molecule has 1 amide bonds. The number of esters is 1. The van der Waals surface area contributed by atoms with Crippen molar-refractivity contribution in [3.8, 4) is 5.69 Å². The second kappa shape index (κ2) is 9.87. The van der Waals surface area contributed by atoms with E-state index in [4.69, 9.17) is 4.74 Å². The number of benzene rings is 2. The molecule has 30 heavy (non-hydrogen) atoms. The van der Waals surface area contributed by atoms with Crippen LogP contribution in [-0.2, 0) is 27.2 Å². The van der Waals surface area contributed by atoms with Gasteiger partial charge in [0.2, 0.25) is 0 Å². The molecule has 6 heteroatoms. The topological polar surface area (TPSA) is 73.2 Å². The van der Waals surface area contributed by atoms with Crippen molar-refractivity contribution in [1.29, 1.82) is 0 Å². The minimum atomic E-state index is -0.849. The van der Waals surface area contributed by atoms with E-state index in [1.807, 2.05) is 79.2 Å². The molecule has 0 aliphatic rings. The van der Waals surface area contributed by atoms with Gasteiger partial charge in [0.15, 0.2) is 6.10 Å². The number of amides is 1. The molecule has 0 unspecified atom stereocenters. The molecule has 1 atom stereocenters. The largest absolute Gasteiger partial charge is 0.452 e. The number of carbonyl (C=O) groups is 2. The van der Waals surface area contributed by atoms with Crippen LogP contribution < -0.4 is 5.32 Å². The molecule has 0 radical (unpaired) electrons. The molecular formula is C24H27N3O3. The van der Waals surface area contributed by atoms with Crippen LogP contribution in [0, 0.1) is 13.8 Å². The van der Waals surface area contributed by atoms with Crippen LogP contribution in [0.3, 0.4) is 0 Å². The summed E-state index contributed by atoms with van der Waals surface area (Å²) in [6.07, 6.45) is -0.0470. The number of hydrogen-bond acceptors (Lipinski definition) is 4. The molecule has 0 aliphatic carbocycles. The smallest absolute Gasteiger partial charge is 0.311 e. The highest BCUT2D eigenvalue weighted by Crippen LogP contribution is 2.19. The molecule has 0 fully saturated rings. The molecule has 1 heterocycles. The highest BCUT2D eigenvalue weighted by molar-refractivity contribution is 5.84. The van der Waals surface area contributed by atoms with Crippen LogP contribution >= 0.6 is 0 Å². The van der Waals surface area contributed by atoms with Crippen molar-refractivity contribution >= 4 is 11.9 Å². The number of nitrogens with one attached hydrogen (secondary N) is 1. The second-order valence-electron chi connectivity index (χ2n) is 7.23. The SMILES string of the molecule is Cc1nn(-c2ccccc2)c(C)c1CC(=O)O[C@H](C)C(=O)NCCc1ccccc1. The highest BCUT2D eigenvalue weighted by Gasteiger charge is 2.21. The fourth-order valence-corrected chi connectivity index (χ4v) is 3.31. The van der Waals surface area contributed by atoms with Gasteiger partial charge >= 0.3 is 5.97 Å². The van der Waals surface area contributed by atoms with Gasteiger partial charge < -0.3 is 10.1 Å². The Labute approximate surface area is 176 Å². The molecule has 3 aromatic rings. The Balaban J connectivity index is 1.53. The summed E-state index contributed by atoms with van der Waals surface area (Å²) in [7, 11) is 0. The van der Waals surface area contributed by atoms with E-state index in [-0.39, 0.29) is 12.3 Å². The van der Waals surface area contributed by atoms with Crippen LogP contribution in [0.25, 0.3) is 5.69 Å². The van der Waals surface area contributed by atoms with Gasteiger partial charge in [-0.15, -0.1) is 0 Å². The van der Waals surface area contributed by atoms with E-state index in [0.29, 0.717) is 6.54 Å². The van der Waals surface area contributed by atoms with Crippen molar-refractivity contribution in [2.24, 2.45) is 0 Å². The van der Waals surface area contributed by atoms with Gasteiger partial charge in [-0.25, -0.2) is 4.68 Å². The first kappa shape index (κ1) is 21.3. The maximum absolute atomic E-state index is 12.4. The molecule has 1 N–H and O–H groups in total. The van der Waals surface area contributed by atoms with Crippen molar-refractivity contribution in [2.75, 3.05) is 6.54 Å². The first-order chi connectivity index (χ1) is 14.5. The van der Waals surface area contributed by atoms with Gasteiger partial charge in [-0.05, 0) is 44.9 Å². The lowest BCUT2D eigenvalue weighted by Crippen LogP contribution is -2.37. The summed E-state index contributed by atoms with van der Waals surface area (Å²) in [6, 6.07) is 19.7. The lowest BCUT2D eigenvalue weighted by molar-refractivity contribution is -0.154. The quantitative estimate of drug-likeness (QED) is 0.584. The fourth-order valence-electron chi connectivity index (χ4n) is 3.31. The molecule has 0 spiro atoms. The van der Waals surface area contributed by atoms with Crippen LogP contribution in [0.4, 0.5) is 0 Å². The van der Waals surface area contributed by atoms with Crippen molar-refractivity contribution in [3.05, 3.63) is 83.2 Å². The van der Waals surface area contributed by atoms with E-state index in [1.165, 1.54) is 0 Å². The monoisotopic (exact) mass is 405 g/mol. The molecular weight excluding hydrogens is 378 g/mol. The van der Waals surface area contributed by atoms with Gasteiger partial charge in [0, 0.05) is 17.8 Å². The van der Waals surface area contributed by atoms with Gasteiger partial charge in [0.05, 0.1) is 17.8 Å². The average Bonchev–Trinajstić information content (AvgIpc) is 3.03. The lowest BCUT2D eigenvalue weighted by atomic mass is 10.1. The number of rotatable bonds is 8. The van der Waals surface area contributed by atoms with Crippen molar-refractivity contribution in [3.63, 3.8) is 0 Å². The molecule has 3 rings (SSSR count). The standard InChI is InChI=1S/C24H27N3O3/c1-17-22(18(2)27(26-17)21-12-8-5-9-13-21)16-23(28)30-19(3)24(29)25-15-14-20-10-6-4-7-11-20/h4-13,19H,14-16H2,1-3H3,(H,25,29)/t19-/m1/s1. The average molecular weight is 405 g/mol. The summed E-state index contributed by atoms with van der Waals surface area (Å²) in [6.45, 7) is 5.87. The Hall–Kier alpha value is -3.41. The van der Waals surface area contributed by atoms with E-state index >= 15 is 0 Å². The van der Waals surface area contributed by atoms with Gasteiger partial charge in [0.1, 0.15) is 0 Å². The zero-order valence-corrected chi connectivity index (χ0v) is 17.6. The number of ether oxygens (including phenoxy) is 1. The molecule has 2 aromatic carbocycles. The first-order valence-corrected chi connectivity index (χ1v) is 10.1. The van der Waals surface area contributed by atoms with Crippen LogP contribution in [0.15, 0.2) is 60.7 Å². The van der Waals surface area contributed by atoms with Crippen LogP contribution in [-0.4, -0.2) is 34.3 Å². The Bertz CT molecular complexity index is 997. The number of para-hydroxylation sites is 1. The molecule has 6 nitrogen and oxygen atoms in total. The fraction of sp³-hybridized carbons (Fsp3) is 0.292. The number of aryl methyl sites for hydroxylation is 1. The zero-order chi connectivity index (χ0) is 21.5. The lowest BCUT2D eigenvalue weighted by Gasteiger charge is -2.14. The Morgan fingerprint density at radius 1 is 1.03 bits per heavy atom. The molecule has 0 aliphatic heterocycles. The summed E-state index contributed by atoms with van der Waals surface area (Å²) < 4.78 is 7.17. The third kappa shape index (κ3) is 5.35. The predicted molar refractivity (Wildman–Crippen MR) is 115 cm³/mol. The Kier molecular flexibility index (Phi) is 7.01. The zero-order valence-electron chi connectivity index (χ0n) is 17.6. The van der Waals surface area contributed by atoms with Gasteiger partial charge in [0.25, 0.3) is 5.91 Å². The number of hydrogen-bond donors (Lipinski definition) is 1. The summed E-state index contributed by atoms with van der Waals surface area (Å²) in [5.74, 6) is -0.743. The first-order valence-electron chi connectivity index (χ1n) is 10.1. The molecule has 0 saturated heterocycles. The predicted octanol–water partition coefficient (Wildman–Crippen LogP) is 3.32. The van der Waals surface area contributed by atoms with Crippen LogP contribution in [0.2, 0.25) is 0 Å². The van der Waals surface area contributed by atoms with Gasteiger partial charge in [-0.3, -0.25) is 9.59 Å². The Morgan fingerprint density at radius 2 is 1.67 bits per heavy atom. The molecule has 0 bridgehead atoms. The summed E-state index contributed by atoms with van der Waals surface area (Å²) in [5, 5.41) is 7.36. The van der Waals surface area contributed by atoms with Crippen LogP contribution in [0.5, 0.6) is 0 Å². The van der Waals surface area contributed by atoms with Gasteiger partial charge in [-0.2, -0.15) is 5.10 Å². The third-order valence-electron chi connectivity index (χ3n) is 5.00. The minimum absolute atomic E-state index is 0.0755. The van der Waals surface area contributed by atoms with Crippen LogP contribution in [0.1, 0.15) is 29.4 Å². The Morgan fingerprint density at radius 3 is 2.33 bits per heavy atom. The normalized spacial score (nSPS) is 11.7. The number of nitrogens with zero attached hydrogens (tertiary/aromatic N) is 2. The van der Waals surface area contributed by atoms with Crippen molar-refractivity contribution in [1.82, 2.24) is 15.1 Å². The molecule has 1 aromatic heterocycles. The maximum Gasteiger partial charge on any atom is 0.311 e. The maximum atomic E-state index is 12.4. The van der Waals surface area contributed by atoms with Crippen molar-refractivity contribution in [2.45, 2.75) is 39.7 Å². The van der Waals surface area contributed by atoms with E-state index in [1.54, 1.807) is 6.92 Å². The second-order valence-corrected chi connectivity index (χ2v) is 7.23. The molecule has 0 saturated carbocycles.